The molecule has 3 aliphatic heterocycles. The number of halogens is 1. The number of amides is 2. The minimum atomic E-state index is -0.482. The molecule has 4 heterocycles. The van der Waals surface area contributed by atoms with Crippen LogP contribution >= 0.6 is 22.9 Å². The molecule has 37 heavy (non-hydrogen) atoms. The largest absolute Gasteiger partial charge is 0.338 e. The number of carbonyl (C=O) groups is 2. The number of nitrogens with zero attached hydrogens (tertiary/aromatic N) is 5. The Morgan fingerprint density at radius 1 is 0.919 bits per heavy atom. The second-order valence-corrected chi connectivity index (χ2v) is 12.6. The average molecular weight is 546 g/mol. The van der Waals surface area contributed by atoms with Gasteiger partial charge >= 0.3 is 0 Å². The van der Waals surface area contributed by atoms with E-state index in [1.165, 1.54) is 24.2 Å². The van der Waals surface area contributed by atoms with Crippen LogP contribution in [0.2, 0.25) is 5.02 Å². The topological polar surface area (TPSA) is 50.3 Å². The Balaban J connectivity index is 1.30. The van der Waals surface area contributed by atoms with Gasteiger partial charge in [-0.2, -0.15) is 0 Å². The fourth-order valence-corrected chi connectivity index (χ4v) is 7.50. The van der Waals surface area contributed by atoms with Gasteiger partial charge in [0.05, 0.1) is 4.88 Å². The third kappa shape index (κ3) is 5.98. The fraction of sp³-hybridized carbons (Fsp3) is 0.643. The minimum absolute atomic E-state index is 0.0299. The summed E-state index contributed by atoms with van der Waals surface area (Å²) in [7, 11) is 4.32. The summed E-state index contributed by atoms with van der Waals surface area (Å²) in [6.07, 6.45) is 4.19. The molecule has 3 aliphatic rings. The number of likely N-dealkylation sites (tertiary alicyclic amines) is 2. The van der Waals surface area contributed by atoms with Crippen LogP contribution in [0.4, 0.5) is 0 Å². The third-order valence-corrected chi connectivity index (χ3v) is 9.93. The predicted molar refractivity (Wildman–Crippen MR) is 152 cm³/mol. The Hall–Kier alpha value is -1.71. The van der Waals surface area contributed by atoms with E-state index in [4.69, 9.17) is 11.6 Å². The van der Waals surface area contributed by atoms with Crippen LogP contribution in [-0.4, -0.2) is 121 Å². The van der Waals surface area contributed by atoms with Gasteiger partial charge in [0, 0.05) is 48.0 Å². The Morgan fingerprint density at radius 2 is 1.54 bits per heavy atom. The molecule has 1 aromatic carbocycles. The lowest BCUT2D eigenvalue weighted by molar-refractivity contribution is -0.138. The summed E-state index contributed by atoms with van der Waals surface area (Å²) in [5, 5.41) is 1.69. The van der Waals surface area contributed by atoms with Crippen molar-refractivity contribution in [3.8, 4) is 0 Å². The number of piperidine rings is 2. The van der Waals surface area contributed by atoms with Crippen LogP contribution in [0, 0.1) is 0 Å². The van der Waals surface area contributed by atoms with Crippen molar-refractivity contribution in [3.63, 3.8) is 0 Å². The molecule has 0 bridgehead atoms. The summed E-state index contributed by atoms with van der Waals surface area (Å²) in [6.45, 7) is 9.44. The summed E-state index contributed by atoms with van der Waals surface area (Å²) in [5.41, 5.74) is 0. The van der Waals surface area contributed by atoms with Crippen LogP contribution in [0.15, 0.2) is 24.3 Å². The standard InChI is InChI=1S/C28H40ClN5O2S/c1-20(27(35)33-16-14-32(15-17-33)23-6-10-30(2)11-7-23)34(24-8-12-31(3)13-9-24)28(36)26-18-21-4-5-22(29)19-25(21)37-26/h4-5,18-20,23-24H,6-17H2,1-3H3/t20-/m1/s1. The zero-order valence-corrected chi connectivity index (χ0v) is 23.9. The molecular formula is C28H40ClN5O2S. The number of fused-ring (bicyclic) bond motifs is 1. The lowest BCUT2D eigenvalue weighted by Crippen LogP contribution is -2.59. The Labute approximate surface area is 229 Å². The minimum Gasteiger partial charge on any atom is -0.338 e. The molecule has 1 atom stereocenters. The molecule has 0 unspecified atom stereocenters. The van der Waals surface area contributed by atoms with Crippen molar-refractivity contribution < 1.29 is 9.59 Å². The Bertz CT molecular complexity index is 1100. The first-order chi connectivity index (χ1) is 17.8. The Kier molecular flexibility index (Phi) is 8.41. The first-order valence-corrected chi connectivity index (χ1v) is 14.9. The monoisotopic (exact) mass is 545 g/mol. The molecule has 2 amide bonds. The van der Waals surface area contributed by atoms with Gasteiger partial charge in [-0.25, -0.2) is 0 Å². The zero-order chi connectivity index (χ0) is 26.1. The summed E-state index contributed by atoms with van der Waals surface area (Å²) >= 11 is 7.67. The highest BCUT2D eigenvalue weighted by Crippen LogP contribution is 2.31. The van der Waals surface area contributed by atoms with Gasteiger partial charge in [0.25, 0.3) is 5.91 Å². The third-order valence-electron chi connectivity index (χ3n) is 8.61. The molecular weight excluding hydrogens is 506 g/mol. The number of rotatable bonds is 5. The quantitative estimate of drug-likeness (QED) is 0.573. The molecule has 9 heteroatoms. The van der Waals surface area contributed by atoms with Crippen molar-refractivity contribution in [2.75, 3.05) is 66.5 Å². The van der Waals surface area contributed by atoms with E-state index in [2.05, 4.69) is 28.8 Å². The zero-order valence-electron chi connectivity index (χ0n) is 22.4. The lowest BCUT2D eigenvalue weighted by atomic mass is 10.00. The van der Waals surface area contributed by atoms with Crippen LogP contribution in [0.3, 0.4) is 0 Å². The fourth-order valence-electron chi connectivity index (χ4n) is 6.22. The summed E-state index contributed by atoms with van der Waals surface area (Å²) in [6, 6.07) is 7.90. The first kappa shape index (κ1) is 26.9. The van der Waals surface area contributed by atoms with Crippen LogP contribution in [0.25, 0.3) is 10.1 Å². The second kappa shape index (κ2) is 11.6. The van der Waals surface area contributed by atoms with Crippen molar-refractivity contribution in [2.45, 2.75) is 50.7 Å². The average Bonchev–Trinajstić information content (AvgIpc) is 3.33. The summed E-state index contributed by atoms with van der Waals surface area (Å²) in [4.78, 5) is 39.7. The van der Waals surface area contributed by atoms with E-state index >= 15 is 0 Å². The highest BCUT2D eigenvalue weighted by atomic mass is 35.5. The molecule has 0 aliphatic carbocycles. The van der Waals surface area contributed by atoms with Crippen molar-refractivity contribution in [3.05, 3.63) is 34.2 Å². The molecule has 5 rings (SSSR count). The number of piperazine rings is 1. The maximum absolute atomic E-state index is 14.0. The molecule has 3 fully saturated rings. The van der Waals surface area contributed by atoms with Crippen molar-refractivity contribution in [1.29, 1.82) is 0 Å². The van der Waals surface area contributed by atoms with Gasteiger partial charge in [-0.3, -0.25) is 14.5 Å². The smallest absolute Gasteiger partial charge is 0.264 e. The van der Waals surface area contributed by atoms with E-state index in [1.54, 1.807) is 0 Å². The van der Waals surface area contributed by atoms with Crippen LogP contribution in [0.5, 0.6) is 0 Å². The number of benzene rings is 1. The summed E-state index contributed by atoms with van der Waals surface area (Å²) in [5.74, 6) is 0.0529. The van der Waals surface area contributed by atoms with Crippen LogP contribution < -0.4 is 0 Å². The number of thiophene rings is 1. The molecule has 1 aromatic heterocycles. The van der Waals surface area contributed by atoms with Gasteiger partial charge in [-0.05, 0) is 96.5 Å². The van der Waals surface area contributed by atoms with Gasteiger partial charge in [-0.15, -0.1) is 11.3 Å². The molecule has 2 aromatic rings. The van der Waals surface area contributed by atoms with Crippen molar-refractivity contribution in [2.24, 2.45) is 0 Å². The van der Waals surface area contributed by atoms with Crippen molar-refractivity contribution >= 4 is 44.8 Å². The maximum Gasteiger partial charge on any atom is 0.264 e. The molecule has 0 N–H and O–H groups in total. The highest BCUT2D eigenvalue weighted by Gasteiger charge is 2.38. The number of hydrogen-bond donors (Lipinski definition) is 0. The molecule has 0 saturated carbocycles. The molecule has 7 nitrogen and oxygen atoms in total. The van der Waals surface area contributed by atoms with Gasteiger partial charge in [0.2, 0.25) is 5.91 Å². The first-order valence-electron chi connectivity index (χ1n) is 13.7. The van der Waals surface area contributed by atoms with E-state index in [9.17, 15) is 9.59 Å². The molecule has 0 spiro atoms. The number of carbonyl (C=O) groups excluding carboxylic acids is 2. The molecule has 0 radical (unpaired) electrons. The van der Waals surface area contributed by atoms with Crippen molar-refractivity contribution in [1.82, 2.24) is 24.5 Å². The van der Waals surface area contributed by atoms with E-state index in [0.717, 1.165) is 75.3 Å². The van der Waals surface area contributed by atoms with Crippen LogP contribution in [-0.2, 0) is 4.79 Å². The van der Waals surface area contributed by atoms with Gasteiger partial charge in [-0.1, -0.05) is 17.7 Å². The van der Waals surface area contributed by atoms with Crippen LogP contribution in [0.1, 0.15) is 42.3 Å². The van der Waals surface area contributed by atoms with E-state index in [-0.39, 0.29) is 17.9 Å². The molecule has 202 valence electrons. The molecule has 3 saturated heterocycles. The lowest BCUT2D eigenvalue weighted by Gasteiger charge is -2.44. The van der Waals surface area contributed by atoms with E-state index in [0.29, 0.717) is 15.9 Å². The summed E-state index contributed by atoms with van der Waals surface area (Å²) < 4.78 is 1.00. The number of hydrogen-bond acceptors (Lipinski definition) is 6. The van der Waals surface area contributed by atoms with E-state index in [1.807, 2.05) is 41.0 Å². The van der Waals surface area contributed by atoms with E-state index < -0.39 is 6.04 Å². The Morgan fingerprint density at radius 3 is 2.19 bits per heavy atom. The second-order valence-electron chi connectivity index (χ2n) is 11.1. The van der Waals surface area contributed by atoms with Gasteiger partial charge in [0.15, 0.2) is 0 Å². The predicted octanol–water partition coefficient (Wildman–Crippen LogP) is 3.72. The SMILES string of the molecule is C[C@H](C(=O)N1CCN(C2CCN(C)CC2)CC1)N(C(=O)c1cc2ccc(Cl)cc2s1)C1CCN(C)CC1. The normalized spacial score (nSPS) is 22.4. The maximum atomic E-state index is 14.0. The van der Waals surface area contributed by atoms with Gasteiger partial charge in [0.1, 0.15) is 6.04 Å². The highest BCUT2D eigenvalue weighted by molar-refractivity contribution is 7.20. The van der Waals surface area contributed by atoms with Gasteiger partial charge < -0.3 is 19.6 Å².